The van der Waals surface area contributed by atoms with Crippen LogP contribution in [0.4, 0.5) is 0 Å². The molecule has 0 amide bonds. The van der Waals surface area contributed by atoms with Gasteiger partial charge in [0.1, 0.15) is 0 Å². The second-order valence-electron chi connectivity index (χ2n) is 3.77. The number of hydrogen-bond donors (Lipinski definition) is 1. The van der Waals surface area contributed by atoms with Crippen LogP contribution < -0.4 is 5.73 Å². The van der Waals surface area contributed by atoms with Crippen molar-refractivity contribution in [3.63, 3.8) is 0 Å². The van der Waals surface area contributed by atoms with Crippen molar-refractivity contribution in [1.29, 1.82) is 0 Å². The molecule has 13 heavy (non-hydrogen) atoms. The average Bonchev–Trinajstić information content (AvgIpc) is 2.48. The fourth-order valence-electron chi connectivity index (χ4n) is 1.89. The van der Waals surface area contributed by atoms with Crippen LogP contribution in [0.15, 0.2) is 30.3 Å². The number of nitrogens with two attached hydrogens (primary N) is 1. The van der Waals surface area contributed by atoms with Gasteiger partial charge in [-0.25, -0.2) is 0 Å². The molecule has 1 aromatic rings. The summed E-state index contributed by atoms with van der Waals surface area (Å²) in [5.41, 5.74) is 10.1. The third-order valence-electron chi connectivity index (χ3n) is 2.47. The molecule has 1 nitrogen and oxygen atoms in total. The van der Waals surface area contributed by atoms with E-state index in [4.69, 9.17) is 5.73 Å². The van der Waals surface area contributed by atoms with Crippen molar-refractivity contribution < 1.29 is 0 Å². The molecule has 0 saturated heterocycles. The van der Waals surface area contributed by atoms with Crippen LogP contribution in [-0.2, 0) is 6.42 Å². The summed E-state index contributed by atoms with van der Waals surface area (Å²) in [6, 6.07) is 8.84. The van der Waals surface area contributed by atoms with Gasteiger partial charge in [-0.05, 0) is 36.5 Å². The van der Waals surface area contributed by atoms with Gasteiger partial charge in [0.25, 0.3) is 0 Å². The van der Waals surface area contributed by atoms with Gasteiger partial charge in [0.05, 0.1) is 0 Å². The predicted molar refractivity (Wildman–Crippen MR) is 56.4 cm³/mol. The normalized spacial score (nSPS) is 16.6. The Bertz CT molecular complexity index is 337. The van der Waals surface area contributed by atoms with Crippen molar-refractivity contribution in [2.45, 2.75) is 25.8 Å². The molecule has 0 heterocycles. The Morgan fingerprint density at radius 3 is 2.92 bits per heavy atom. The maximum Gasteiger partial charge on any atom is 0.00510 e. The molecule has 0 saturated carbocycles. The first-order valence-corrected chi connectivity index (χ1v) is 4.80. The maximum atomic E-state index is 5.79. The van der Waals surface area contributed by atoms with E-state index in [0.29, 0.717) is 0 Å². The monoisotopic (exact) mass is 173 g/mol. The van der Waals surface area contributed by atoms with Gasteiger partial charge in [-0.1, -0.05) is 30.3 Å². The Hall–Kier alpha value is -1.08. The first-order chi connectivity index (χ1) is 6.27. The molecule has 1 heteroatoms. The van der Waals surface area contributed by atoms with Crippen LogP contribution >= 0.6 is 0 Å². The van der Waals surface area contributed by atoms with Gasteiger partial charge in [-0.3, -0.25) is 0 Å². The zero-order valence-electron chi connectivity index (χ0n) is 7.96. The largest absolute Gasteiger partial charge is 0.328 e. The number of benzene rings is 1. The standard InChI is InChI=1S/C12H15N/c1-9(13)8-11-7-6-10-4-2-3-5-12(10)11/h2-5,7,9H,6,8,13H2,1H3/t9-/m1/s1. The lowest BCUT2D eigenvalue weighted by Crippen LogP contribution is -2.14. The van der Waals surface area contributed by atoms with E-state index in [1.165, 1.54) is 16.7 Å². The first-order valence-electron chi connectivity index (χ1n) is 4.80. The van der Waals surface area contributed by atoms with Gasteiger partial charge >= 0.3 is 0 Å². The van der Waals surface area contributed by atoms with Crippen LogP contribution in [0.1, 0.15) is 24.5 Å². The van der Waals surface area contributed by atoms with Gasteiger partial charge in [-0.2, -0.15) is 0 Å². The molecule has 0 aliphatic heterocycles. The second-order valence-corrected chi connectivity index (χ2v) is 3.77. The highest BCUT2D eigenvalue weighted by Gasteiger charge is 2.13. The van der Waals surface area contributed by atoms with Crippen molar-refractivity contribution in [1.82, 2.24) is 0 Å². The first kappa shape index (κ1) is 8.52. The van der Waals surface area contributed by atoms with Crippen LogP contribution in [0.2, 0.25) is 0 Å². The molecule has 0 fully saturated rings. The Kier molecular flexibility index (Phi) is 2.19. The van der Waals surface area contributed by atoms with Crippen molar-refractivity contribution in [3.05, 3.63) is 41.5 Å². The van der Waals surface area contributed by atoms with Crippen LogP contribution in [-0.4, -0.2) is 6.04 Å². The molecular weight excluding hydrogens is 158 g/mol. The lowest BCUT2D eigenvalue weighted by atomic mass is 10.0. The minimum atomic E-state index is 0.261. The summed E-state index contributed by atoms with van der Waals surface area (Å²) in [5, 5.41) is 0. The molecule has 1 aliphatic rings. The highest BCUT2D eigenvalue weighted by Crippen LogP contribution is 2.29. The molecule has 0 bridgehead atoms. The third-order valence-corrected chi connectivity index (χ3v) is 2.47. The Morgan fingerprint density at radius 1 is 1.38 bits per heavy atom. The predicted octanol–water partition coefficient (Wildman–Crippen LogP) is 2.36. The number of rotatable bonds is 2. The third kappa shape index (κ3) is 1.65. The smallest absolute Gasteiger partial charge is 0.00510 e. The molecule has 1 atom stereocenters. The van der Waals surface area contributed by atoms with Crippen molar-refractivity contribution in [2.75, 3.05) is 0 Å². The van der Waals surface area contributed by atoms with E-state index < -0.39 is 0 Å². The van der Waals surface area contributed by atoms with Crippen LogP contribution in [0.25, 0.3) is 5.57 Å². The summed E-state index contributed by atoms with van der Waals surface area (Å²) < 4.78 is 0. The van der Waals surface area contributed by atoms with Gasteiger partial charge in [0, 0.05) is 6.04 Å². The molecular formula is C12H15N. The number of fused-ring (bicyclic) bond motifs is 1. The maximum absolute atomic E-state index is 5.79. The van der Waals surface area contributed by atoms with E-state index in [1.807, 2.05) is 0 Å². The van der Waals surface area contributed by atoms with Crippen molar-refractivity contribution in [3.8, 4) is 0 Å². The van der Waals surface area contributed by atoms with E-state index >= 15 is 0 Å². The molecule has 1 aromatic carbocycles. The summed E-state index contributed by atoms with van der Waals surface area (Å²) in [6.45, 7) is 2.06. The molecule has 2 rings (SSSR count). The summed E-state index contributed by atoms with van der Waals surface area (Å²) >= 11 is 0. The molecule has 68 valence electrons. The van der Waals surface area contributed by atoms with E-state index in [2.05, 4.69) is 37.3 Å². The lowest BCUT2D eigenvalue weighted by molar-refractivity contribution is 0.768. The average molecular weight is 173 g/mol. The zero-order valence-corrected chi connectivity index (χ0v) is 7.96. The molecule has 0 spiro atoms. The molecule has 0 unspecified atom stereocenters. The van der Waals surface area contributed by atoms with Crippen molar-refractivity contribution >= 4 is 5.57 Å². The minimum Gasteiger partial charge on any atom is -0.328 e. The fraction of sp³-hybridized carbons (Fsp3) is 0.333. The van der Waals surface area contributed by atoms with Gasteiger partial charge in [-0.15, -0.1) is 0 Å². The van der Waals surface area contributed by atoms with Crippen LogP contribution in [0.5, 0.6) is 0 Å². The number of hydrogen-bond acceptors (Lipinski definition) is 1. The van der Waals surface area contributed by atoms with E-state index in [1.54, 1.807) is 0 Å². The Morgan fingerprint density at radius 2 is 2.15 bits per heavy atom. The Labute approximate surface area is 79.3 Å². The quantitative estimate of drug-likeness (QED) is 0.730. The summed E-state index contributed by atoms with van der Waals surface area (Å²) in [4.78, 5) is 0. The van der Waals surface area contributed by atoms with E-state index in [-0.39, 0.29) is 6.04 Å². The lowest BCUT2D eigenvalue weighted by Gasteiger charge is -2.07. The van der Waals surface area contributed by atoms with Gasteiger partial charge in [0.15, 0.2) is 0 Å². The van der Waals surface area contributed by atoms with Gasteiger partial charge < -0.3 is 5.73 Å². The molecule has 0 aromatic heterocycles. The summed E-state index contributed by atoms with van der Waals surface area (Å²) in [5.74, 6) is 0. The molecule has 0 radical (unpaired) electrons. The zero-order chi connectivity index (χ0) is 9.26. The van der Waals surface area contributed by atoms with E-state index in [0.717, 1.165) is 12.8 Å². The van der Waals surface area contributed by atoms with Crippen LogP contribution in [0, 0.1) is 0 Å². The SMILES string of the molecule is C[C@@H](N)CC1=CCc2ccccc21. The highest BCUT2D eigenvalue weighted by molar-refractivity contribution is 5.73. The van der Waals surface area contributed by atoms with Crippen LogP contribution in [0.3, 0.4) is 0 Å². The minimum absolute atomic E-state index is 0.261. The summed E-state index contributed by atoms with van der Waals surface area (Å²) in [7, 11) is 0. The second kappa shape index (κ2) is 3.35. The number of allylic oxidation sites excluding steroid dienone is 1. The van der Waals surface area contributed by atoms with E-state index in [9.17, 15) is 0 Å². The van der Waals surface area contributed by atoms with Crippen molar-refractivity contribution in [2.24, 2.45) is 5.73 Å². The highest BCUT2D eigenvalue weighted by atomic mass is 14.6. The summed E-state index contributed by atoms with van der Waals surface area (Å²) in [6.07, 6.45) is 4.38. The molecule has 2 N–H and O–H groups in total. The van der Waals surface area contributed by atoms with Gasteiger partial charge in [0.2, 0.25) is 0 Å². The fourth-order valence-corrected chi connectivity index (χ4v) is 1.89. The Balaban J connectivity index is 2.26. The topological polar surface area (TPSA) is 26.0 Å². The molecule has 1 aliphatic carbocycles.